The predicted molar refractivity (Wildman–Crippen MR) is 61.9 cm³/mol. The van der Waals surface area contributed by atoms with E-state index in [-0.39, 0.29) is 5.41 Å². The lowest BCUT2D eigenvalue weighted by Crippen LogP contribution is -2.55. The molecule has 0 heterocycles. The molecule has 0 aromatic carbocycles. The van der Waals surface area contributed by atoms with E-state index < -0.39 is 0 Å². The van der Waals surface area contributed by atoms with Crippen LogP contribution in [0.3, 0.4) is 0 Å². The number of ether oxygens (including phenoxy) is 1. The van der Waals surface area contributed by atoms with Crippen molar-refractivity contribution in [1.29, 1.82) is 0 Å². The van der Waals surface area contributed by atoms with Crippen LogP contribution in [0.2, 0.25) is 0 Å². The second-order valence-corrected chi connectivity index (χ2v) is 5.01. The molecule has 84 valence electrons. The first-order valence-electron chi connectivity index (χ1n) is 5.90. The van der Waals surface area contributed by atoms with Crippen LogP contribution in [0.4, 0.5) is 0 Å². The van der Waals surface area contributed by atoms with Gasteiger partial charge in [0.15, 0.2) is 0 Å². The summed E-state index contributed by atoms with van der Waals surface area (Å²) in [5.41, 5.74) is 0.255. The Labute approximate surface area is 93.2 Å². The van der Waals surface area contributed by atoms with Gasteiger partial charge in [-0.25, -0.2) is 0 Å². The van der Waals surface area contributed by atoms with Crippen LogP contribution in [-0.2, 0) is 4.74 Å². The second kappa shape index (κ2) is 4.85. The van der Waals surface area contributed by atoms with E-state index in [4.69, 9.17) is 16.3 Å². The molecule has 1 rings (SSSR count). The third-order valence-corrected chi connectivity index (χ3v) is 4.59. The molecule has 0 aliphatic heterocycles. The van der Waals surface area contributed by atoms with Crippen LogP contribution in [0.25, 0.3) is 0 Å². The quantitative estimate of drug-likeness (QED) is 0.635. The van der Waals surface area contributed by atoms with E-state index in [0.717, 1.165) is 25.7 Å². The largest absolute Gasteiger partial charge is 0.375 e. The Balaban J connectivity index is 2.55. The van der Waals surface area contributed by atoms with Crippen molar-refractivity contribution in [3.05, 3.63) is 0 Å². The maximum Gasteiger partial charge on any atom is 0.0663 e. The first kappa shape index (κ1) is 12.3. The molecule has 3 unspecified atom stereocenters. The lowest BCUT2D eigenvalue weighted by atomic mass is 9.62. The fraction of sp³-hybridized carbons (Fsp3) is 1.00. The molecule has 3 atom stereocenters. The highest BCUT2D eigenvalue weighted by Crippen LogP contribution is 2.52. The Morgan fingerprint density at radius 3 is 2.29 bits per heavy atom. The number of hydrogen-bond acceptors (Lipinski definition) is 1. The fourth-order valence-electron chi connectivity index (χ4n) is 2.41. The molecule has 1 saturated carbocycles. The van der Waals surface area contributed by atoms with Gasteiger partial charge in [0.25, 0.3) is 0 Å². The highest BCUT2D eigenvalue weighted by molar-refractivity contribution is 6.21. The highest BCUT2D eigenvalue weighted by atomic mass is 35.5. The molecule has 0 saturated heterocycles. The van der Waals surface area contributed by atoms with Gasteiger partial charge in [0.2, 0.25) is 0 Å². The van der Waals surface area contributed by atoms with Gasteiger partial charge >= 0.3 is 0 Å². The highest BCUT2D eigenvalue weighted by Gasteiger charge is 2.52. The lowest BCUT2D eigenvalue weighted by molar-refractivity contribution is -0.138. The van der Waals surface area contributed by atoms with Gasteiger partial charge in [0.05, 0.1) is 12.2 Å². The van der Waals surface area contributed by atoms with Crippen LogP contribution in [0, 0.1) is 5.41 Å². The van der Waals surface area contributed by atoms with Crippen molar-refractivity contribution in [2.45, 2.75) is 71.0 Å². The first-order valence-corrected chi connectivity index (χ1v) is 6.33. The minimum Gasteiger partial charge on any atom is -0.375 e. The van der Waals surface area contributed by atoms with Gasteiger partial charge in [0, 0.05) is 10.8 Å². The summed E-state index contributed by atoms with van der Waals surface area (Å²) in [5.74, 6) is 0. The summed E-state index contributed by atoms with van der Waals surface area (Å²) in [7, 11) is 0. The number of alkyl halides is 1. The topological polar surface area (TPSA) is 9.23 Å². The summed E-state index contributed by atoms with van der Waals surface area (Å²) in [6.45, 7) is 8.77. The van der Waals surface area contributed by atoms with Gasteiger partial charge in [-0.1, -0.05) is 20.8 Å². The van der Waals surface area contributed by atoms with Gasteiger partial charge < -0.3 is 4.74 Å². The van der Waals surface area contributed by atoms with E-state index >= 15 is 0 Å². The zero-order chi connectivity index (χ0) is 10.8. The third kappa shape index (κ3) is 1.94. The summed E-state index contributed by atoms with van der Waals surface area (Å²) in [4.78, 5) is 0. The predicted octanol–water partition coefficient (Wildman–Crippen LogP) is 3.99. The fourth-order valence-corrected chi connectivity index (χ4v) is 3.03. The molecule has 1 aliphatic carbocycles. The van der Waals surface area contributed by atoms with Gasteiger partial charge in [0.1, 0.15) is 0 Å². The van der Waals surface area contributed by atoms with E-state index in [1.807, 2.05) is 0 Å². The Hall–Kier alpha value is 0.250. The van der Waals surface area contributed by atoms with E-state index in [0.29, 0.717) is 17.6 Å². The Morgan fingerprint density at radius 1 is 1.36 bits per heavy atom. The van der Waals surface area contributed by atoms with Crippen LogP contribution < -0.4 is 0 Å². The minimum absolute atomic E-state index is 0.255. The molecule has 2 heteroatoms. The van der Waals surface area contributed by atoms with E-state index in [1.54, 1.807) is 0 Å². The van der Waals surface area contributed by atoms with Crippen LogP contribution in [0.15, 0.2) is 0 Å². The number of hydrogen-bond donors (Lipinski definition) is 0. The molecule has 0 N–H and O–H groups in total. The standard InChI is InChI=1S/C12H23ClO/c1-5-9(4)14-11-8-10(13)12(11,6-2)7-3/h9-11H,5-8H2,1-4H3. The SMILES string of the molecule is CCC(C)OC1CC(Cl)C1(CC)CC. The summed E-state index contributed by atoms with van der Waals surface area (Å²) in [6, 6.07) is 0. The Bertz CT molecular complexity index is 177. The molecule has 14 heavy (non-hydrogen) atoms. The molecule has 0 aromatic rings. The smallest absolute Gasteiger partial charge is 0.0663 e. The van der Waals surface area contributed by atoms with E-state index in [2.05, 4.69) is 27.7 Å². The molecular weight excluding hydrogens is 196 g/mol. The lowest BCUT2D eigenvalue weighted by Gasteiger charge is -2.53. The van der Waals surface area contributed by atoms with E-state index in [1.165, 1.54) is 0 Å². The molecule has 1 aliphatic rings. The summed E-state index contributed by atoms with van der Waals surface area (Å²) < 4.78 is 6.02. The maximum absolute atomic E-state index is 6.31. The van der Waals surface area contributed by atoms with Crippen LogP contribution >= 0.6 is 11.6 Å². The third-order valence-electron chi connectivity index (χ3n) is 3.97. The number of rotatable bonds is 5. The van der Waals surface area contributed by atoms with Crippen molar-refractivity contribution in [3.8, 4) is 0 Å². The minimum atomic E-state index is 0.255. The van der Waals surface area contributed by atoms with Crippen LogP contribution in [-0.4, -0.2) is 17.6 Å². The van der Waals surface area contributed by atoms with Crippen molar-refractivity contribution < 1.29 is 4.74 Å². The molecule has 0 aromatic heterocycles. The normalized spacial score (nSPS) is 32.4. The zero-order valence-corrected chi connectivity index (χ0v) is 10.6. The summed E-state index contributed by atoms with van der Waals surface area (Å²) >= 11 is 6.31. The first-order chi connectivity index (χ1) is 6.60. The maximum atomic E-state index is 6.31. The van der Waals surface area contributed by atoms with Gasteiger partial charge in [-0.15, -0.1) is 11.6 Å². The summed E-state index contributed by atoms with van der Waals surface area (Å²) in [6.07, 6.45) is 5.18. The molecule has 0 spiro atoms. The zero-order valence-electron chi connectivity index (χ0n) is 9.85. The summed E-state index contributed by atoms with van der Waals surface area (Å²) in [5, 5.41) is 0.326. The molecule has 0 radical (unpaired) electrons. The molecule has 0 bridgehead atoms. The van der Waals surface area contributed by atoms with Gasteiger partial charge in [-0.05, 0) is 32.6 Å². The molecule has 0 amide bonds. The Kier molecular flexibility index (Phi) is 4.27. The van der Waals surface area contributed by atoms with Gasteiger partial charge in [-0.2, -0.15) is 0 Å². The number of halogens is 1. The van der Waals surface area contributed by atoms with Crippen LogP contribution in [0.1, 0.15) is 53.4 Å². The molecule has 1 nitrogen and oxygen atoms in total. The van der Waals surface area contributed by atoms with E-state index in [9.17, 15) is 0 Å². The van der Waals surface area contributed by atoms with Crippen molar-refractivity contribution >= 4 is 11.6 Å². The van der Waals surface area contributed by atoms with Crippen molar-refractivity contribution in [2.75, 3.05) is 0 Å². The monoisotopic (exact) mass is 218 g/mol. The average Bonchev–Trinajstić information content (AvgIpc) is 2.19. The second-order valence-electron chi connectivity index (χ2n) is 4.49. The molecule has 1 fully saturated rings. The Morgan fingerprint density at radius 2 is 1.93 bits per heavy atom. The van der Waals surface area contributed by atoms with Crippen molar-refractivity contribution in [2.24, 2.45) is 5.41 Å². The van der Waals surface area contributed by atoms with Crippen molar-refractivity contribution in [3.63, 3.8) is 0 Å². The van der Waals surface area contributed by atoms with Crippen LogP contribution in [0.5, 0.6) is 0 Å². The van der Waals surface area contributed by atoms with Crippen molar-refractivity contribution in [1.82, 2.24) is 0 Å². The van der Waals surface area contributed by atoms with Gasteiger partial charge in [-0.3, -0.25) is 0 Å². The average molecular weight is 219 g/mol. The molecular formula is C12H23ClO.